The molecule has 47 heavy (non-hydrogen) atoms. The first-order valence-electron chi connectivity index (χ1n) is 15.1. The van der Waals surface area contributed by atoms with Crippen molar-refractivity contribution in [2.75, 3.05) is 20.0 Å². The molecule has 2 atom stereocenters. The maximum absolute atomic E-state index is 13.1. The number of amides is 2. The third kappa shape index (κ3) is 15.7. The molecule has 0 aromatic heterocycles. The number of rotatable bonds is 16. The van der Waals surface area contributed by atoms with Crippen molar-refractivity contribution in [3.05, 3.63) is 85.0 Å². The lowest BCUT2D eigenvalue weighted by molar-refractivity contribution is -0.170. The zero-order chi connectivity index (χ0) is 35.0. The molecule has 0 saturated heterocycles. The Hall–Kier alpha value is -5.00. The first-order valence-corrected chi connectivity index (χ1v) is 15.1. The van der Waals surface area contributed by atoms with Crippen LogP contribution in [0.1, 0.15) is 52.7 Å². The number of carbonyl (C=O) groups is 4. The highest BCUT2D eigenvalue weighted by Crippen LogP contribution is 2.17. The Morgan fingerprint density at radius 1 is 0.638 bits per heavy atom. The van der Waals surface area contributed by atoms with E-state index in [9.17, 15) is 19.2 Å². The van der Waals surface area contributed by atoms with Gasteiger partial charge >= 0.3 is 24.1 Å². The van der Waals surface area contributed by atoms with E-state index >= 15 is 0 Å². The average molecular weight is 655 g/mol. The van der Waals surface area contributed by atoms with E-state index in [1.165, 1.54) is 0 Å². The van der Waals surface area contributed by atoms with Crippen molar-refractivity contribution in [2.24, 2.45) is 0 Å². The second-order valence-corrected chi connectivity index (χ2v) is 12.3. The monoisotopic (exact) mass is 654 g/mol. The first kappa shape index (κ1) is 38.2. The van der Waals surface area contributed by atoms with Crippen molar-refractivity contribution in [1.29, 1.82) is 0 Å². The van der Waals surface area contributed by atoms with Gasteiger partial charge in [-0.25, -0.2) is 19.2 Å². The standard InChI is InChI=1S/C35H46N2O10/c1-9-19-42-26-15-11-24(12-16-26)21-28(36-32(40)46-34(3,4)5)30(38)44-23-45-31(39)29(37-33(41)47-35(6,7)8)22-25-13-17-27(18-14-25)43-20-10-2/h9-18,28-29H,1-2,19-23H2,3-8H3,(H,36,40)(H,37,41). The van der Waals surface area contributed by atoms with Crippen LogP contribution in [0, 0.1) is 0 Å². The van der Waals surface area contributed by atoms with E-state index in [1.807, 2.05) is 0 Å². The van der Waals surface area contributed by atoms with Crippen LogP contribution in [-0.2, 0) is 41.4 Å². The highest BCUT2D eigenvalue weighted by molar-refractivity contribution is 5.83. The van der Waals surface area contributed by atoms with Gasteiger partial charge in [-0.2, -0.15) is 0 Å². The third-order valence-corrected chi connectivity index (χ3v) is 5.82. The van der Waals surface area contributed by atoms with E-state index in [4.69, 9.17) is 28.4 Å². The van der Waals surface area contributed by atoms with Crippen LogP contribution in [0.25, 0.3) is 0 Å². The molecule has 0 bridgehead atoms. The van der Waals surface area contributed by atoms with Gasteiger partial charge in [-0.15, -0.1) is 0 Å². The number of ether oxygens (including phenoxy) is 6. The lowest BCUT2D eigenvalue weighted by Crippen LogP contribution is -2.47. The normalized spacial score (nSPS) is 12.4. The zero-order valence-corrected chi connectivity index (χ0v) is 28.0. The van der Waals surface area contributed by atoms with Gasteiger partial charge in [0.2, 0.25) is 6.79 Å². The van der Waals surface area contributed by atoms with Crippen molar-refractivity contribution < 1.29 is 47.6 Å². The van der Waals surface area contributed by atoms with E-state index < -0.39 is 54.2 Å². The van der Waals surface area contributed by atoms with Gasteiger partial charge in [0.25, 0.3) is 0 Å². The van der Waals surface area contributed by atoms with Crippen molar-refractivity contribution in [1.82, 2.24) is 10.6 Å². The number of alkyl carbamates (subject to hydrolysis) is 2. The molecule has 2 unspecified atom stereocenters. The predicted octanol–water partition coefficient (Wildman–Crippen LogP) is 5.43. The Morgan fingerprint density at radius 2 is 0.979 bits per heavy atom. The largest absolute Gasteiger partial charge is 0.490 e. The Balaban J connectivity index is 2.12. The van der Waals surface area contributed by atoms with Crippen molar-refractivity contribution in [3.8, 4) is 11.5 Å². The molecule has 0 saturated carbocycles. The van der Waals surface area contributed by atoms with E-state index in [1.54, 1.807) is 102 Å². The molecule has 0 fully saturated rings. The molecular weight excluding hydrogens is 608 g/mol. The first-order chi connectivity index (χ1) is 22.1. The van der Waals surface area contributed by atoms with Gasteiger partial charge in [-0.05, 0) is 76.9 Å². The number of hydrogen-bond donors (Lipinski definition) is 2. The Kier molecular flexibility index (Phi) is 14.8. The molecule has 0 spiro atoms. The van der Waals surface area contributed by atoms with Crippen LogP contribution in [-0.4, -0.2) is 67.4 Å². The Bertz CT molecular complexity index is 1240. The van der Waals surface area contributed by atoms with E-state index in [2.05, 4.69) is 23.8 Å². The van der Waals surface area contributed by atoms with Gasteiger partial charge in [0.05, 0.1) is 0 Å². The van der Waals surface area contributed by atoms with Gasteiger partial charge in [-0.1, -0.05) is 49.6 Å². The summed E-state index contributed by atoms with van der Waals surface area (Å²) in [4.78, 5) is 51.3. The van der Waals surface area contributed by atoms with Crippen LogP contribution < -0.4 is 20.1 Å². The summed E-state index contributed by atoms with van der Waals surface area (Å²) in [7, 11) is 0. The summed E-state index contributed by atoms with van der Waals surface area (Å²) < 4.78 is 32.1. The van der Waals surface area contributed by atoms with Crippen LogP contribution >= 0.6 is 0 Å². The highest BCUT2D eigenvalue weighted by Gasteiger charge is 2.29. The number of carbonyl (C=O) groups excluding carboxylic acids is 4. The van der Waals surface area contributed by atoms with E-state index in [0.717, 1.165) is 0 Å². The number of hydrogen-bond acceptors (Lipinski definition) is 10. The van der Waals surface area contributed by atoms with Gasteiger partial charge in [0.1, 0.15) is 48.0 Å². The molecule has 2 aromatic rings. The fourth-order valence-electron chi connectivity index (χ4n) is 3.86. The second kappa shape index (κ2) is 18.2. The molecule has 2 rings (SSSR count). The van der Waals surface area contributed by atoms with Gasteiger partial charge in [0.15, 0.2) is 0 Å². The van der Waals surface area contributed by atoms with Crippen LogP contribution in [0.5, 0.6) is 11.5 Å². The smallest absolute Gasteiger partial charge is 0.408 e. The summed E-state index contributed by atoms with van der Waals surface area (Å²) in [5, 5.41) is 5.04. The maximum Gasteiger partial charge on any atom is 0.408 e. The van der Waals surface area contributed by atoms with Crippen molar-refractivity contribution >= 4 is 24.1 Å². The zero-order valence-electron chi connectivity index (χ0n) is 28.0. The van der Waals surface area contributed by atoms with E-state index in [0.29, 0.717) is 35.8 Å². The summed E-state index contributed by atoms with van der Waals surface area (Å²) >= 11 is 0. The highest BCUT2D eigenvalue weighted by atomic mass is 16.7. The molecule has 0 aliphatic carbocycles. The lowest BCUT2D eigenvalue weighted by Gasteiger charge is -2.24. The summed E-state index contributed by atoms with van der Waals surface area (Å²) in [6, 6.07) is 11.5. The topological polar surface area (TPSA) is 148 Å². The average Bonchev–Trinajstić information content (AvgIpc) is 2.97. The predicted molar refractivity (Wildman–Crippen MR) is 175 cm³/mol. The fraction of sp³-hybridized carbons (Fsp3) is 0.429. The summed E-state index contributed by atoms with van der Waals surface area (Å²) in [6.07, 6.45) is 1.67. The summed E-state index contributed by atoms with van der Waals surface area (Å²) in [5.74, 6) is -0.539. The van der Waals surface area contributed by atoms with Gasteiger partial charge < -0.3 is 39.1 Å². The van der Waals surface area contributed by atoms with Crippen molar-refractivity contribution in [3.63, 3.8) is 0 Å². The molecular formula is C35H46N2O10. The van der Waals surface area contributed by atoms with Crippen molar-refractivity contribution in [2.45, 2.75) is 77.7 Å². The molecule has 0 aliphatic rings. The van der Waals surface area contributed by atoms with Crippen LogP contribution in [0.3, 0.4) is 0 Å². The summed E-state index contributed by atoms with van der Waals surface area (Å²) in [6.45, 7) is 17.2. The Labute approximate surface area is 276 Å². The number of benzene rings is 2. The maximum atomic E-state index is 13.1. The van der Waals surface area contributed by atoms with Crippen LogP contribution in [0.2, 0.25) is 0 Å². The van der Waals surface area contributed by atoms with Gasteiger partial charge in [-0.3, -0.25) is 0 Å². The van der Waals surface area contributed by atoms with Crippen LogP contribution in [0.15, 0.2) is 73.8 Å². The molecule has 0 aliphatic heterocycles. The fourth-order valence-corrected chi connectivity index (χ4v) is 3.86. The Morgan fingerprint density at radius 3 is 1.28 bits per heavy atom. The number of nitrogens with one attached hydrogen (secondary N) is 2. The second-order valence-electron chi connectivity index (χ2n) is 12.3. The minimum Gasteiger partial charge on any atom is -0.490 e. The molecule has 2 aromatic carbocycles. The quantitative estimate of drug-likeness (QED) is 0.104. The molecule has 2 amide bonds. The minimum atomic E-state index is -1.18. The molecule has 0 heterocycles. The molecule has 12 nitrogen and oxygen atoms in total. The molecule has 256 valence electrons. The van der Waals surface area contributed by atoms with Crippen LogP contribution in [0.4, 0.5) is 9.59 Å². The van der Waals surface area contributed by atoms with E-state index in [-0.39, 0.29) is 12.8 Å². The summed E-state index contributed by atoms with van der Waals surface area (Å²) in [5.41, 5.74) is -0.248. The molecule has 0 radical (unpaired) electrons. The lowest BCUT2D eigenvalue weighted by atomic mass is 10.1. The number of esters is 2. The minimum absolute atomic E-state index is 0.0447. The third-order valence-electron chi connectivity index (χ3n) is 5.82. The molecule has 12 heteroatoms. The SMILES string of the molecule is C=CCOc1ccc(CC(NC(=O)OC(C)(C)C)C(=O)OCOC(=O)C(Cc2ccc(OCC=C)cc2)NC(=O)OC(C)(C)C)cc1. The van der Waals surface area contributed by atoms with Gasteiger partial charge in [0, 0.05) is 12.8 Å². The molecule has 2 N–H and O–H groups in total.